The summed E-state index contributed by atoms with van der Waals surface area (Å²) in [6.45, 7) is 0. The maximum Gasteiger partial charge on any atom is 0.267 e. The number of fused-ring (bicyclic) bond motifs is 2. The third-order valence-corrected chi connectivity index (χ3v) is 5.11. The molecule has 108 valence electrons. The Bertz CT molecular complexity index is 1000. The largest absolute Gasteiger partial charge is 0.321 e. The number of aromatic amines is 1. The van der Waals surface area contributed by atoms with Crippen LogP contribution in [0.4, 0.5) is 5.69 Å². The SMILES string of the molecule is O=C(Nc1ccc2[nH]ncc2c1)c1sc2ccccc2c1Cl. The molecule has 6 heteroatoms. The minimum absolute atomic E-state index is 0.200. The molecule has 1 amide bonds. The van der Waals surface area contributed by atoms with Gasteiger partial charge in [0.1, 0.15) is 4.88 Å². The number of halogens is 1. The second-order valence-electron chi connectivity index (χ2n) is 4.87. The van der Waals surface area contributed by atoms with E-state index in [0.717, 1.165) is 21.0 Å². The molecule has 4 rings (SSSR count). The van der Waals surface area contributed by atoms with Crippen LogP contribution < -0.4 is 5.32 Å². The predicted molar refractivity (Wildman–Crippen MR) is 90.9 cm³/mol. The van der Waals surface area contributed by atoms with Crippen molar-refractivity contribution in [3.05, 3.63) is 58.6 Å². The number of amides is 1. The van der Waals surface area contributed by atoms with Crippen molar-refractivity contribution in [1.29, 1.82) is 0 Å². The van der Waals surface area contributed by atoms with Crippen LogP contribution in [0.1, 0.15) is 9.67 Å². The summed E-state index contributed by atoms with van der Waals surface area (Å²) in [5.41, 5.74) is 1.64. The van der Waals surface area contributed by atoms with Gasteiger partial charge in [-0.2, -0.15) is 5.10 Å². The zero-order chi connectivity index (χ0) is 15.1. The van der Waals surface area contributed by atoms with Crippen molar-refractivity contribution in [2.45, 2.75) is 0 Å². The van der Waals surface area contributed by atoms with E-state index in [2.05, 4.69) is 15.5 Å². The molecular weight excluding hydrogens is 318 g/mol. The van der Waals surface area contributed by atoms with Gasteiger partial charge in [-0.25, -0.2) is 0 Å². The fourth-order valence-corrected chi connectivity index (χ4v) is 3.78. The van der Waals surface area contributed by atoms with Crippen molar-refractivity contribution >= 4 is 55.5 Å². The van der Waals surface area contributed by atoms with Crippen molar-refractivity contribution in [1.82, 2.24) is 10.2 Å². The maximum atomic E-state index is 12.5. The van der Waals surface area contributed by atoms with Crippen LogP contribution in [0.5, 0.6) is 0 Å². The highest BCUT2D eigenvalue weighted by Crippen LogP contribution is 2.35. The summed E-state index contributed by atoms with van der Waals surface area (Å²) in [7, 11) is 0. The average molecular weight is 328 g/mol. The molecule has 0 radical (unpaired) electrons. The quantitative estimate of drug-likeness (QED) is 0.561. The summed E-state index contributed by atoms with van der Waals surface area (Å²) < 4.78 is 1.00. The highest BCUT2D eigenvalue weighted by Gasteiger charge is 2.17. The molecule has 0 saturated heterocycles. The van der Waals surface area contributed by atoms with Gasteiger partial charge in [-0.05, 0) is 24.3 Å². The van der Waals surface area contributed by atoms with E-state index >= 15 is 0 Å². The minimum atomic E-state index is -0.200. The first-order chi connectivity index (χ1) is 10.7. The van der Waals surface area contributed by atoms with Gasteiger partial charge >= 0.3 is 0 Å². The summed E-state index contributed by atoms with van der Waals surface area (Å²) in [6, 6.07) is 13.3. The fraction of sp³-hybridized carbons (Fsp3) is 0. The molecule has 0 aliphatic rings. The lowest BCUT2D eigenvalue weighted by Crippen LogP contribution is -2.10. The standard InChI is InChI=1S/C16H10ClN3OS/c17-14-11-3-1-2-4-13(11)22-15(14)16(21)19-10-5-6-12-9(7-10)8-18-20-12/h1-8H,(H,18,20)(H,19,21). The molecule has 0 unspecified atom stereocenters. The van der Waals surface area contributed by atoms with Crippen molar-refractivity contribution in [2.24, 2.45) is 0 Å². The van der Waals surface area contributed by atoms with E-state index in [1.165, 1.54) is 11.3 Å². The first-order valence-corrected chi connectivity index (χ1v) is 7.83. The van der Waals surface area contributed by atoms with Crippen LogP contribution in [0, 0.1) is 0 Å². The van der Waals surface area contributed by atoms with Gasteiger partial charge in [-0.15, -0.1) is 11.3 Å². The molecule has 0 saturated carbocycles. The van der Waals surface area contributed by atoms with E-state index in [0.29, 0.717) is 15.6 Å². The van der Waals surface area contributed by atoms with Crippen LogP contribution in [0.15, 0.2) is 48.7 Å². The summed E-state index contributed by atoms with van der Waals surface area (Å²) >= 11 is 7.72. The van der Waals surface area contributed by atoms with Crippen molar-refractivity contribution in [3.8, 4) is 0 Å². The third kappa shape index (κ3) is 2.15. The first-order valence-electron chi connectivity index (χ1n) is 6.64. The molecule has 0 fully saturated rings. The van der Waals surface area contributed by atoms with Gasteiger partial charge in [-0.3, -0.25) is 9.89 Å². The second-order valence-corrected chi connectivity index (χ2v) is 6.30. The Kier molecular flexibility index (Phi) is 3.10. The van der Waals surface area contributed by atoms with Gasteiger partial charge in [0.25, 0.3) is 5.91 Å². The molecule has 0 spiro atoms. The first kappa shape index (κ1) is 13.3. The molecule has 0 aliphatic carbocycles. The normalized spacial score (nSPS) is 11.1. The van der Waals surface area contributed by atoms with Crippen LogP contribution in [0.3, 0.4) is 0 Å². The van der Waals surface area contributed by atoms with Crippen LogP contribution in [-0.4, -0.2) is 16.1 Å². The third-order valence-electron chi connectivity index (χ3n) is 3.44. The Morgan fingerprint density at radius 1 is 1.23 bits per heavy atom. The molecule has 0 bridgehead atoms. The summed E-state index contributed by atoms with van der Waals surface area (Å²) in [4.78, 5) is 13.0. The lowest BCUT2D eigenvalue weighted by Gasteiger charge is -2.04. The molecule has 22 heavy (non-hydrogen) atoms. The van der Waals surface area contributed by atoms with Crippen molar-refractivity contribution < 1.29 is 4.79 Å². The van der Waals surface area contributed by atoms with E-state index in [1.54, 1.807) is 6.20 Å². The molecular formula is C16H10ClN3OS. The molecule has 2 N–H and O–H groups in total. The Morgan fingerprint density at radius 2 is 2.09 bits per heavy atom. The van der Waals surface area contributed by atoms with Crippen molar-refractivity contribution in [2.75, 3.05) is 5.32 Å². The number of carbonyl (C=O) groups excluding carboxylic acids is 1. The van der Waals surface area contributed by atoms with Gasteiger partial charge in [-0.1, -0.05) is 29.8 Å². The number of benzene rings is 2. The zero-order valence-electron chi connectivity index (χ0n) is 11.3. The Labute approximate surface area is 134 Å². The number of hydrogen-bond donors (Lipinski definition) is 2. The fourth-order valence-electron chi connectivity index (χ4n) is 2.37. The van der Waals surface area contributed by atoms with Crippen molar-refractivity contribution in [3.63, 3.8) is 0 Å². The van der Waals surface area contributed by atoms with E-state index in [1.807, 2.05) is 42.5 Å². The molecule has 4 aromatic rings. The monoisotopic (exact) mass is 327 g/mol. The molecule has 2 heterocycles. The highest BCUT2D eigenvalue weighted by atomic mass is 35.5. The average Bonchev–Trinajstić information content (AvgIpc) is 3.12. The number of H-pyrrole nitrogens is 1. The number of nitrogens with one attached hydrogen (secondary N) is 2. The van der Waals surface area contributed by atoms with Gasteiger partial charge in [0.2, 0.25) is 0 Å². The van der Waals surface area contributed by atoms with E-state index in [9.17, 15) is 4.79 Å². The highest BCUT2D eigenvalue weighted by molar-refractivity contribution is 7.21. The zero-order valence-corrected chi connectivity index (χ0v) is 12.8. The molecule has 0 aliphatic heterocycles. The number of rotatable bonds is 2. The second kappa shape index (κ2) is 5.12. The number of anilines is 1. The van der Waals surface area contributed by atoms with E-state index in [-0.39, 0.29) is 5.91 Å². The van der Waals surface area contributed by atoms with E-state index in [4.69, 9.17) is 11.6 Å². The number of aromatic nitrogens is 2. The van der Waals surface area contributed by atoms with Gasteiger partial charge in [0.15, 0.2) is 0 Å². The molecule has 2 aromatic heterocycles. The molecule has 0 atom stereocenters. The van der Waals surface area contributed by atoms with E-state index < -0.39 is 0 Å². The predicted octanol–water partition coefficient (Wildman–Crippen LogP) is 4.68. The molecule has 2 aromatic carbocycles. The number of carbonyl (C=O) groups is 1. The Hall–Kier alpha value is -2.37. The number of hydrogen-bond acceptors (Lipinski definition) is 3. The van der Waals surface area contributed by atoms with Gasteiger partial charge in [0.05, 0.1) is 16.7 Å². The lowest BCUT2D eigenvalue weighted by molar-refractivity contribution is 0.103. The summed E-state index contributed by atoms with van der Waals surface area (Å²) in [6.07, 6.45) is 1.72. The van der Waals surface area contributed by atoms with Crippen LogP contribution in [0.25, 0.3) is 21.0 Å². The van der Waals surface area contributed by atoms with Crippen LogP contribution in [0.2, 0.25) is 5.02 Å². The molecule has 4 nitrogen and oxygen atoms in total. The minimum Gasteiger partial charge on any atom is -0.321 e. The Balaban J connectivity index is 1.69. The summed E-state index contributed by atoms with van der Waals surface area (Å²) in [5, 5.41) is 12.1. The number of nitrogens with zero attached hydrogens (tertiary/aromatic N) is 1. The summed E-state index contributed by atoms with van der Waals surface area (Å²) in [5.74, 6) is -0.200. The smallest absolute Gasteiger partial charge is 0.267 e. The Morgan fingerprint density at radius 3 is 2.95 bits per heavy atom. The number of thiophene rings is 1. The van der Waals surface area contributed by atoms with Crippen LogP contribution in [-0.2, 0) is 0 Å². The topological polar surface area (TPSA) is 57.8 Å². The van der Waals surface area contributed by atoms with Gasteiger partial charge in [0, 0.05) is 21.2 Å². The van der Waals surface area contributed by atoms with Gasteiger partial charge < -0.3 is 5.32 Å². The maximum absolute atomic E-state index is 12.5. The van der Waals surface area contributed by atoms with Crippen LogP contribution >= 0.6 is 22.9 Å². The lowest BCUT2D eigenvalue weighted by atomic mass is 10.2.